The second kappa shape index (κ2) is 66.3. The van der Waals surface area contributed by atoms with Crippen LogP contribution < -0.4 is 0 Å². The molecule has 0 saturated carbocycles. The van der Waals surface area contributed by atoms with Gasteiger partial charge in [0.1, 0.15) is 13.2 Å². The Labute approximate surface area is 488 Å². The average Bonchev–Trinajstić information content (AvgIpc) is 3.45. The van der Waals surface area contributed by atoms with Crippen LogP contribution in [0.15, 0.2) is 122 Å². The zero-order chi connectivity index (χ0) is 57.1. The molecule has 0 aromatic carbocycles. The van der Waals surface area contributed by atoms with Crippen molar-refractivity contribution in [3.63, 3.8) is 0 Å². The molecule has 0 aromatic heterocycles. The number of ether oxygens (including phenoxy) is 3. The van der Waals surface area contributed by atoms with Crippen LogP contribution in [0.25, 0.3) is 0 Å². The molecule has 6 nitrogen and oxygen atoms in total. The van der Waals surface area contributed by atoms with Gasteiger partial charge in [0.2, 0.25) is 0 Å². The van der Waals surface area contributed by atoms with Crippen LogP contribution in [0.1, 0.15) is 303 Å². The number of hydrogen-bond donors (Lipinski definition) is 0. The molecule has 1 atom stereocenters. The van der Waals surface area contributed by atoms with E-state index in [4.69, 9.17) is 14.2 Å². The summed E-state index contributed by atoms with van der Waals surface area (Å²) in [5, 5.41) is 0. The lowest BCUT2D eigenvalue weighted by Gasteiger charge is -2.18. The van der Waals surface area contributed by atoms with Crippen LogP contribution in [-0.2, 0) is 28.6 Å². The van der Waals surface area contributed by atoms with Gasteiger partial charge in [-0.2, -0.15) is 0 Å². The van der Waals surface area contributed by atoms with Gasteiger partial charge in [-0.25, -0.2) is 0 Å². The molecule has 0 rings (SSSR count). The molecule has 0 bridgehead atoms. The van der Waals surface area contributed by atoms with Gasteiger partial charge in [0.05, 0.1) is 0 Å². The van der Waals surface area contributed by atoms with Crippen LogP contribution in [0.3, 0.4) is 0 Å². The third-order valence-electron chi connectivity index (χ3n) is 13.9. The quantitative estimate of drug-likeness (QED) is 0.0261. The van der Waals surface area contributed by atoms with E-state index in [1.165, 1.54) is 128 Å². The maximum absolute atomic E-state index is 12.9. The number of hydrogen-bond acceptors (Lipinski definition) is 6. The Bertz CT molecular complexity index is 1640. The lowest BCUT2D eigenvalue weighted by atomic mass is 10.1. The molecule has 450 valence electrons. The van der Waals surface area contributed by atoms with Crippen LogP contribution in [0.4, 0.5) is 0 Å². The smallest absolute Gasteiger partial charge is 0.306 e. The Balaban J connectivity index is 4.43. The first-order chi connectivity index (χ1) is 39.0. The van der Waals surface area contributed by atoms with Crippen molar-refractivity contribution < 1.29 is 28.6 Å². The van der Waals surface area contributed by atoms with Gasteiger partial charge in [-0.1, -0.05) is 271 Å². The van der Waals surface area contributed by atoms with E-state index < -0.39 is 6.10 Å². The highest BCUT2D eigenvalue weighted by atomic mass is 16.6. The van der Waals surface area contributed by atoms with E-state index in [1.54, 1.807) is 0 Å². The van der Waals surface area contributed by atoms with E-state index >= 15 is 0 Å². The van der Waals surface area contributed by atoms with Crippen molar-refractivity contribution in [3.05, 3.63) is 122 Å². The maximum atomic E-state index is 12.9. The molecule has 0 spiro atoms. The monoisotopic (exact) mass is 1090 g/mol. The molecule has 0 heterocycles. The van der Waals surface area contributed by atoms with Crippen LogP contribution in [0.5, 0.6) is 0 Å². The predicted octanol–water partition coefficient (Wildman–Crippen LogP) is 22.8. The molecule has 6 heteroatoms. The first-order valence-corrected chi connectivity index (χ1v) is 33.0. The van der Waals surface area contributed by atoms with Crippen molar-refractivity contribution in [2.24, 2.45) is 0 Å². The van der Waals surface area contributed by atoms with Gasteiger partial charge in [-0.15, -0.1) is 0 Å². The van der Waals surface area contributed by atoms with E-state index in [-0.39, 0.29) is 31.1 Å². The van der Waals surface area contributed by atoms with Crippen molar-refractivity contribution in [2.45, 2.75) is 309 Å². The van der Waals surface area contributed by atoms with E-state index in [1.807, 2.05) is 0 Å². The van der Waals surface area contributed by atoms with E-state index in [2.05, 4.69) is 142 Å². The molecule has 0 aliphatic heterocycles. The van der Waals surface area contributed by atoms with E-state index in [0.717, 1.165) is 135 Å². The minimum atomic E-state index is -0.803. The second-order valence-electron chi connectivity index (χ2n) is 21.6. The Hall–Kier alpha value is -4.19. The fraction of sp³-hybridized carbons (Fsp3) is 0.685. The summed E-state index contributed by atoms with van der Waals surface area (Å²) in [5.74, 6) is -0.931. The standard InChI is InChI=1S/C73H122O6/c1-4-7-10-13-16-19-22-25-28-31-33-34-35-36-37-38-40-42-45-48-51-54-57-60-63-66-72(75)78-69-70(68-77-71(74)65-62-59-56-53-50-47-44-41-30-27-24-21-18-15-12-9-6-3)79-73(76)67-64-61-58-55-52-49-46-43-39-32-29-26-23-20-17-14-11-8-5-2/h9,12,17-18,20-22,25-27,29-31,33,35-36,39,43-44,47,70H,4-8,10-11,13-16,19,23-24,28,32,34,37-38,40-42,45-46,48-69H2,1-3H3/b12-9-,20-17-,21-18-,25-22-,29-26-,30-27-,33-31-,36-35-,43-39-,47-44-. The summed E-state index contributed by atoms with van der Waals surface area (Å²) in [6, 6.07) is 0. The van der Waals surface area contributed by atoms with Crippen molar-refractivity contribution in [3.8, 4) is 0 Å². The summed E-state index contributed by atoms with van der Waals surface area (Å²) in [4.78, 5) is 38.4. The topological polar surface area (TPSA) is 78.9 Å². The first-order valence-electron chi connectivity index (χ1n) is 33.0. The van der Waals surface area contributed by atoms with Gasteiger partial charge in [-0.3, -0.25) is 14.4 Å². The van der Waals surface area contributed by atoms with Crippen molar-refractivity contribution in [1.29, 1.82) is 0 Å². The van der Waals surface area contributed by atoms with Crippen molar-refractivity contribution >= 4 is 17.9 Å². The largest absolute Gasteiger partial charge is 0.462 e. The number of carbonyl (C=O) groups is 3. The van der Waals surface area contributed by atoms with Gasteiger partial charge >= 0.3 is 17.9 Å². The van der Waals surface area contributed by atoms with Crippen molar-refractivity contribution in [1.82, 2.24) is 0 Å². The molecule has 0 aromatic rings. The summed E-state index contributed by atoms with van der Waals surface area (Å²) >= 11 is 0. The number of esters is 3. The first kappa shape index (κ1) is 74.8. The Morgan fingerprint density at radius 2 is 0.494 bits per heavy atom. The van der Waals surface area contributed by atoms with Gasteiger partial charge < -0.3 is 14.2 Å². The van der Waals surface area contributed by atoms with Gasteiger partial charge in [-0.05, 0) is 135 Å². The van der Waals surface area contributed by atoms with Gasteiger partial charge in [0, 0.05) is 19.3 Å². The zero-order valence-corrected chi connectivity index (χ0v) is 51.6. The molecule has 0 N–H and O–H groups in total. The average molecular weight is 1100 g/mol. The molecule has 0 radical (unpaired) electrons. The second-order valence-corrected chi connectivity index (χ2v) is 21.6. The molecule has 0 aliphatic carbocycles. The summed E-state index contributed by atoms with van der Waals surface area (Å²) < 4.78 is 16.9. The SMILES string of the molecule is CC/C=C\C/C=C\C/C=C\C/C=C\CCCCCCC(=O)OCC(COC(=O)CCCCCCCCCCCC/C=C\C/C=C\C/C=C\CCCCCCC)OC(=O)CCCCCCCC/C=C\C/C=C\C/C=C\CCCCC. The molecule has 79 heavy (non-hydrogen) atoms. The number of rotatable bonds is 59. The molecular formula is C73H122O6. The summed E-state index contributed by atoms with van der Waals surface area (Å²) in [6.07, 6.45) is 92.0. The Morgan fingerprint density at radius 1 is 0.266 bits per heavy atom. The predicted molar refractivity (Wildman–Crippen MR) is 343 cm³/mol. The van der Waals surface area contributed by atoms with Crippen LogP contribution in [0, 0.1) is 0 Å². The zero-order valence-electron chi connectivity index (χ0n) is 51.6. The minimum Gasteiger partial charge on any atom is -0.462 e. The number of carbonyl (C=O) groups excluding carboxylic acids is 3. The Kier molecular flexibility index (Phi) is 62.8. The van der Waals surface area contributed by atoms with Crippen molar-refractivity contribution in [2.75, 3.05) is 13.2 Å². The minimum absolute atomic E-state index is 0.0957. The maximum Gasteiger partial charge on any atom is 0.306 e. The Morgan fingerprint density at radius 3 is 0.797 bits per heavy atom. The lowest BCUT2D eigenvalue weighted by Crippen LogP contribution is -2.30. The van der Waals surface area contributed by atoms with Gasteiger partial charge in [0.25, 0.3) is 0 Å². The number of allylic oxidation sites excluding steroid dienone is 20. The lowest BCUT2D eigenvalue weighted by molar-refractivity contribution is -0.167. The fourth-order valence-electron chi connectivity index (χ4n) is 8.98. The fourth-order valence-corrected chi connectivity index (χ4v) is 8.98. The summed E-state index contributed by atoms with van der Waals surface area (Å²) in [5.41, 5.74) is 0. The third kappa shape index (κ3) is 64.5. The van der Waals surface area contributed by atoms with Crippen LogP contribution in [0.2, 0.25) is 0 Å². The highest BCUT2D eigenvalue weighted by Gasteiger charge is 2.19. The molecular weight excluding hydrogens is 973 g/mol. The van der Waals surface area contributed by atoms with E-state index in [0.29, 0.717) is 19.3 Å². The normalized spacial score (nSPS) is 12.9. The number of unbranched alkanes of at least 4 members (excludes halogenated alkanes) is 28. The van der Waals surface area contributed by atoms with Crippen LogP contribution in [-0.4, -0.2) is 37.2 Å². The highest BCUT2D eigenvalue weighted by molar-refractivity contribution is 5.71. The summed E-state index contributed by atoms with van der Waals surface area (Å²) in [6.45, 7) is 6.47. The molecule has 0 aliphatic rings. The van der Waals surface area contributed by atoms with E-state index in [9.17, 15) is 14.4 Å². The molecule has 0 saturated heterocycles. The van der Waals surface area contributed by atoms with Crippen LogP contribution >= 0.6 is 0 Å². The summed E-state index contributed by atoms with van der Waals surface area (Å²) in [7, 11) is 0. The molecule has 1 unspecified atom stereocenters. The third-order valence-corrected chi connectivity index (χ3v) is 13.9. The van der Waals surface area contributed by atoms with Gasteiger partial charge in [0.15, 0.2) is 6.10 Å². The molecule has 0 amide bonds. The molecule has 0 fully saturated rings. The highest BCUT2D eigenvalue weighted by Crippen LogP contribution is 2.15.